The van der Waals surface area contributed by atoms with Crippen molar-refractivity contribution in [1.29, 1.82) is 0 Å². The van der Waals surface area contributed by atoms with Gasteiger partial charge in [-0.3, -0.25) is 9.59 Å². The highest BCUT2D eigenvalue weighted by molar-refractivity contribution is 5.83. The Kier molecular flexibility index (Phi) is 1.89. The highest BCUT2D eigenvalue weighted by Crippen LogP contribution is 2.09. The molecule has 1 heterocycles. The summed E-state index contributed by atoms with van der Waals surface area (Å²) >= 11 is 0. The maximum absolute atomic E-state index is 10.3. The topological polar surface area (TPSA) is 72.2 Å². The second kappa shape index (κ2) is 2.68. The highest BCUT2D eigenvalue weighted by Gasteiger charge is 2.24. The average Bonchev–Trinajstić information content (AvgIpc) is 1.77. The number of nitrogens with two attached hydrogens (primary N) is 1. The summed E-state index contributed by atoms with van der Waals surface area (Å²) in [5, 5.41) is 2.65. The number of carbonyl (C=O) groups is 2. The van der Waals surface area contributed by atoms with Crippen LogP contribution in [0.15, 0.2) is 0 Å². The zero-order valence-corrected chi connectivity index (χ0v) is 5.59. The van der Waals surface area contributed by atoms with E-state index in [4.69, 9.17) is 5.73 Å². The molecule has 0 radical (unpaired) electrons. The van der Waals surface area contributed by atoms with E-state index in [0.717, 1.165) is 0 Å². The molecule has 0 saturated carbocycles. The molecule has 1 fully saturated rings. The zero-order valence-electron chi connectivity index (χ0n) is 5.59. The zero-order chi connectivity index (χ0) is 7.56. The van der Waals surface area contributed by atoms with Crippen LogP contribution in [0.2, 0.25) is 0 Å². The van der Waals surface area contributed by atoms with Gasteiger partial charge in [-0.1, -0.05) is 0 Å². The van der Waals surface area contributed by atoms with Crippen LogP contribution in [0.3, 0.4) is 0 Å². The van der Waals surface area contributed by atoms with Gasteiger partial charge in [0.25, 0.3) is 0 Å². The molecule has 56 valence electrons. The lowest BCUT2D eigenvalue weighted by Gasteiger charge is -2.26. The fourth-order valence-corrected chi connectivity index (χ4v) is 0.921. The van der Waals surface area contributed by atoms with Gasteiger partial charge in [-0.15, -0.1) is 0 Å². The third-order valence-corrected chi connectivity index (χ3v) is 1.54. The summed E-state index contributed by atoms with van der Waals surface area (Å²) in [7, 11) is 0. The third kappa shape index (κ3) is 1.72. The van der Waals surface area contributed by atoms with E-state index in [1.807, 2.05) is 0 Å². The first kappa shape index (κ1) is 7.05. The van der Waals surface area contributed by atoms with Gasteiger partial charge in [-0.05, 0) is 6.42 Å². The summed E-state index contributed by atoms with van der Waals surface area (Å²) in [6.07, 6.45) is 1.60. The smallest absolute Gasteiger partial charge is 0.222 e. The predicted molar refractivity (Wildman–Crippen MR) is 35.0 cm³/mol. The van der Waals surface area contributed by atoms with Crippen LogP contribution in [0.4, 0.5) is 0 Å². The summed E-state index contributed by atoms with van der Waals surface area (Å²) in [5.41, 5.74) is 4.90. The Bertz CT molecular complexity index is 159. The van der Waals surface area contributed by atoms with Gasteiger partial charge < -0.3 is 11.1 Å². The van der Waals surface area contributed by atoms with Crippen molar-refractivity contribution in [3.8, 4) is 0 Å². The molecule has 1 aliphatic rings. The lowest BCUT2D eigenvalue weighted by molar-refractivity contribution is -0.129. The number of nitrogens with one attached hydrogen (secondary N) is 1. The number of carbonyl (C=O) groups excluding carboxylic acids is 2. The number of hydrogen-bond acceptors (Lipinski definition) is 2. The summed E-state index contributed by atoms with van der Waals surface area (Å²) in [4.78, 5) is 20.6. The van der Waals surface area contributed by atoms with Gasteiger partial charge in [0.05, 0.1) is 0 Å². The van der Waals surface area contributed by atoms with E-state index in [1.165, 1.54) is 0 Å². The minimum Gasteiger partial charge on any atom is -0.370 e. The molecule has 1 rings (SSSR count). The number of β-lactam (4-membered cyclic amide) rings is 1. The Labute approximate surface area is 58.8 Å². The van der Waals surface area contributed by atoms with Crippen molar-refractivity contribution in [2.45, 2.75) is 25.3 Å². The molecule has 0 aromatic rings. The van der Waals surface area contributed by atoms with Gasteiger partial charge in [0, 0.05) is 18.9 Å². The molecule has 10 heavy (non-hydrogen) atoms. The Morgan fingerprint density at radius 1 is 1.80 bits per heavy atom. The molecule has 1 saturated heterocycles. The fourth-order valence-electron chi connectivity index (χ4n) is 0.921. The molecule has 1 aliphatic heterocycles. The van der Waals surface area contributed by atoms with E-state index in [2.05, 4.69) is 5.32 Å². The monoisotopic (exact) mass is 142 g/mol. The second-order valence-electron chi connectivity index (χ2n) is 2.47. The van der Waals surface area contributed by atoms with Gasteiger partial charge in [0.1, 0.15) is 0 Å². The van der Waals surface area contributed by atoms with Crippen LogP contribution in [0, 0.1) is 0 Å². The normalized spacial score (nSPS) is 23.2. The number of primary amides is 1. The molecule has 1 unspecified atom stereocenters. The maximum atomic E-state index is 10.3. The lowest BCUT2D eigenvalue weighted by atomic mass is 10.0. The highest BCUT2D eigenvalue weighted by atomic mass is 16.2. The summed E-state index contributed by atoms with van der Waals surface area (Å²) in [6, 6.07) is 0.194. The third-order valence-electron chi connectivity index (χ3n) is 1.54. The molecule has 1 atom stereocenters. The first-order valence-electron chi connectivity index (χ1n) is 3.26. The number of rotatable bonds is 3. The van der Waals surface area contributed by atoms with Crippen molar-refractivity contribution in [3.63, 3.8) is 0 Å². The summed E-state index contributed by atoms with van der Waals surface area (Å²) < 4.78 is 0. The van der Waals surface area contributed by atoms with E-state index in [1.54, 1.807) is 0 Å². The molecular weight excluding hydrogens is 132 g/mol. The maximum Gasteiger partial charge on any atom is 0.222 e. The van der Waals surface area contributed by atoms with E-state index < -0.39 is 0 Å². The lowest BCUT2D eigenvalue weighted by Crippen LogP contribution is -2.48. The van der Waals surface area contributed by atoms with E-state index in [9.17, 15) is 9.59 Å². The van der Waals surface area contributed by atoms with Crippen LogP contribution in [0.5, 0.6) is 0 Å². The van der Waals surface area contributed by atoms with E-state index in [0.29, 0.717) is 19.3 Å². The Morgan fingerprint density at radius 2 is 2.40 bits per heavy atom. The molecular formula is C6H10N2O2. The fraction of sp³-hybridized carbons (Fsp3) is 0.667. The molecule has 2 amide bonds. The molecule has 4 heteroatoms. The van der Waals surface area contributed by atoms with Crippen LogP contribution < -0.4 is 11.1 Å². The number of hydrogen-bond donors (Lipinski definition) is 2. The molecule has 0 aromatic heterocycles. The van der Waals surface area contributed by atoms with Crippen LogP contribution in [0.25, 0.3) is 0 Å². The van der Waals surface area contributed by atoms with E-state index in [-0.39, 0.29) is 17.9 Å². The van der Waals surface area contributed by atoms with E-state index >= 15 is 0 Å². The Hall–Kier alpha value is -1.06. The van der Waals surface area contributed by atoms with Crippen molar-refractivity contribution in [3.05, 3.63) is 0 Å². The Balaban J connectivity index is 2.05. The van der Waals surface area contributed by atoms with Crippen LogP contribution >= 0.6 is 0 Å². The first-order chi connectivity index (χ1) is 4.68. The van der Waals surface area contributed by atoms with Crippen molar-refractivity contribution in [1.82, 2.24) is 5.32 Å². The molecule has 0 bridgehead atoms. The van der Waals surface area contributed by atoms with Gasteiger partial charge in [-0.2, -0.15) is 0 Å². The van der Waals surface area contributed by atoms with Crippen molar-refractivity contribution in [2.24, 2.45) is 5.73 Å². The summed E-state index contributed by atoms with van der Waals surface area (Å²) in [5.74, 6) is -0.240. The SMILES string of the molecule is NC(=O)CCC1CC(=O)N1. The van der Waals surface area contributed by atoms with Gasteiger partial charge in [0.15, 0.2) is 0 Å². The van der Waals surface area contributed by atoms with Gasteiger partial charge >= 0.3 is 0 Å². The van der Waals surface area contributed by atoms with Crippen molar-refractivity contribution < 1.29 is 9.59 Å². The summed E-state index contributed by atoms with van der Waals surface area (Å²) in [6.45, 7) is 0. The van der Waals surface area contributed by atoms with Gasteiger partial charge in [0.2, 0.25) is 11.8 Å². The van der Waals surface area contributed by atoms with Crippen molar-refractivity contribution >= 4 is 11.8 Å². The van der Waals surface area contributed by atoms with Gasteiger partial charge in [-0.25, -0.2) is 0 Å². The molecule has 0 spiro atoms. The van der Waals surface area contributed by atoms with Crippen LogP contribution in [-0.4, -0.2) is 17.9 Å². The van der Waals surface area contributed by atoms with Crippen molar-refractivity contribution in [2.75, 3.05) is 0 Å². The average molecular weight is 142 g/mol. The predicted octanol–water partition coefficient (Wildman–Crippen LogP) is -0.860. The second-order valence-corrected chi connectivity index (χ2v) is 2.47. The minimum absolute atomic E-state index is 0.0643. The first-order valence-corrected chi connectivity index (χ1v) is 3.26. The molecule has 0 aromatic carbocycles. The van der Waals surface area contributed by atoms with Crippen LogP contribution in [0.1, 0.15) is 19.3 Å². The number of amides is 2. The minimum atomic E-state index is -0.304. The quantitative estimate of drug-likeness (QED) is 0.503. The van der Waals surface area contributed by atoms with Crippen LogP contribution in [-0.2, 0) is 9.59 Å². The Morgan fingerprint density at radius 3 is 2.80 bits per heavy atom. The molecule has 4 nitrogen and oxygen atoms in total. The molecule has 0 aliphatic carbocycles. The largest absolute Gasteiger partial charge is 0.370 e. The standard InChI is InChI=1S/C6H10N2O2/c7-5(9)2-1-4-3-6(10)8-4/h4H,1-3H2,(H2,7,9)(H,8,10). The molecule has 3 N–H and O–H groups in total.